The smallest absolute Gasteiger partial charge is 0.234 e. The Bertz CT molecular complexity index is 1120. The van der Waals surface area contributed by atoms with Crippen LogP contribution in [0, 0.1) is 18.6 Å². The average molecular weight is 541 g/mol. The van der Waals surface area contributed by atoms with Gasteiger partial charge in [0.2, 0.25) is 5.91 Å². The van der Waals surface area contributed by atoms with E-state index in [1.807, 2.05) is 43.5 Å². The van der Waals surface area contributed by atoms with E-state index >= 15 is 0 Å². The van der Waals surface area contributed by atoms with Gasteiger partial charge < -0.3 is 19.4 Å². The van der Waals surface area contributed by atoms with Crippen LogP contribution in [0.1, 0.15) is 25.2 Å². The summed E-state index contributed by atoms with van der Waals surface area (Å²) in [5, 5.41) is 11.3. The van der Waals surface area contributed by atoms with E-state index in [4.69, 9.17) is 9.47 Å². The van der Waals surface area contributed by atoms with Crippen LogP contribution in [0.3, 0.4) is 0 Å². The molecule has 11 heteroatoms. The van der Waals surface area contributed by atoms with Crippen LogP contribution >= 0.6 is 27.7 Å². The number of nitrogens with one attached hydrogen (secondary N) is 1. The molecular formula is C22H23BrF2N4O3S. The number of aryl methyl sites for hydroxylation is 1. The number of ether oxygens (including phenoxy) is 2. The summed E-state index contributed by atoms with van der Waals surface area (Å²) in [5.41, 5.74) is 0.947. The first kappa shape index (κ1) is 25.0. The molecule has 1 N–H and O–H groups in total. The number of thioether (sulfide) groups is 1. The van der Waals surface area contributed by atoms with Crippen molar-refractivity contribution in [3.05, 3.63) is 57.8 Å². The molecule has 0 aliphatic rings. The quantitative estimate of drug-likeness (QED) is 0.349. The number of anilines is 1. The highest BCUT2D eigenvalue weighted by atomic mass is 79.9. The van der Waals surface area contributed by atoms with E-state index in [9.17, 15) is 13.6 Å². The molecule has 0 saturated carbocycles. The number of carbonyl (C=O) groups is 1. The fourth-order valence-electron chi connectivity index (χ4n) is 2.96. The monoisotopic (exact) mass is 540 g/mol. The van der Waals surface area contributed by atoms with Gasteiger partial charge in [0.25, 0.3) is 0 Å². The number of amides is 1. The van der Waals surface area contributed by atoms with Gasteiger partial charge in [-0.05, 0) is 60.5 Å². The van der Waals surface area contributed by atoms with Crippen LogP contribution < -0.4 is 14.8 Å². The number of nitrogens with zero attached hydrogens (tertiary/aromatic N) is 3. The number of hydrogen-bond acceptors (Lipinski definition) is 6. The highest BCUT2D eigenvalue weighted by molar-refractivity contribution is 9.10. The molecule has 0 spiro atoms. The van der Waals surface area contributed by atoms with Crippen LogP contribution in [0.2, 0.25) is 0 Å². The lowest BCUT2D eigenvalue weighted by Crippen LogP contribution is -2.16. The van der Waals surface area contributed by atoms with Gasteiger partial charge in [-0.15, -0.1) is 10.2 Å². The summed E-state index contributed by atoms with van der Waals surface area (Å²) in [6.45, 7) is 7.07. The zero-order valence-electron chi connectivity index (χ0n) is 18.3. The molecule has 0 fully saturated rings. The molecule has 0 aliphatic carbocycles. The standard InChI is InChI=1S/C22H23BrF2N4O3S/c1-4-29-19(11-32-17-7-6-13(3)8-18(17)31-5-2)27-28-22(29)33-12-20(30)26-21-15(23)9-14(24)10-16(21)25/h6-10H,4-5,11-12H2,1-3H3,(H,26,30). The molecule has 0 bridgehead atoms. The van der Waals surface area contributed by atoms with Crippen LogP contribution in [-0.4, -0.2) is 33.0 Å². The van der Waals surface area contributed by atoms with Gasteiger partial charge in [0, 0.05) is 17.1 Å². The summed E-state index contributed by atoms with van der Waals surface area (Å²) in [5.74, 6) is -0.240. The molecule has 2 aromatic carbocycles. The summed E-state index contributed by atoms with van der Waals surface area (Å²) in [6.07, 6.45) is 0. The Kier molecular flexibility index (Phi) is 8.67. The number of carbonyl (C=O) groups excluding carboxylic acids is 1. The maximum absolute atomic E-state index is 13.9. The van der Waals surface area contributed by atoms with Crippen LogP contribution in [0.15, 0.2) is 40.0 Å². The lowest BCUT2D eigenvalue weighted by molar-refractivity contribution is -0.113. The zero-order valence-corrected chi connectivity index (χ0v) is 20.7. The molecule has 1 amide bonds. The van der Waals surface area contributed by atoms with Crippen molar-refractivity contribution in [2.45, 2.75) is 39.1 Å². The maximum Gasteiger partial charge on any atom is 0.234 e. The van der Waals surface area contributed by atoms with Crippen molar-refractivity contribution in [2.75, 3.05) is 17.7 Å². The molecule has 3 rings (SSSR count). The first-order valence-corrected chi connectivity index (χ1v) is 12.0. The van der Waals surface area contributed by atoms with Gasteiger partial charge >= 0.3 is 0 Å². The molecule has 0 unspecified atom stereocenters. The minimum absolute atomic E-state index is 0.0330. The van der Waals surface area contributed by atoms with E-state index in [2.05, 4.69) is 31.4 Å². The third kappa shape index (κ3) is 6.44. The van der Waals surface area contributed by atoms with E-state index < -0.39 is 17.5 Å². The van der Waals surface area contributed by atoms with Crippen molar-refractivity contribution in [1.29, 1.82) is 0 Å². The van der Waals surface area contributed by atoms with Crippen molar-refractivity contribution >= 4 is 39.3 Å². The second-order valence-corrected chi connectivity index (χ2v) is 8.69. The van der Waals surface area contributed by atoms with Gasteiger partial charge in [0.05, 0.1) is 18.0 Å². The highest BCUT2D eigenvalue weighted by Crippen LogP contribution is 2.30. The fourth-order valence-corrected chi connectivity index (χ4v) is 4.29. The molecule has 33 heavy (non-hydrogen) atoms. The molecular weight excluding hydrogens is 518 g/mol. The lowest BCUT2D eigenvalue weighted by Gasteiger charge is -2.13. The Morgan fingerprint density at radius 3 is 2.64 bits per heavy atom. The van der Waals surface area contributed by atoms with Crippen molar-refractivity contribution in [3.8, 4) is 11.5 Å². The number of benzene rings is 2. The Labute approximate surface area is 203 Å². The first-order chi connectivity index (χ1) is 15.8. The van der Waals surface area contributed by atoms with Crippen molar-refractivity contribution in [1.82, 2.24) is 14.8 Å². The Morgan fingerprint density at radius 1 is 1.15 bits per heavy atom. The Morgan fingerprint density at radius 2 is 1.94 bits per heavy atom. The minimum Gasteiger partial charge on any atom is -0.490 e. The zero-order chi connectivity index (χ0) is 24.0. The van der Waals surface area contributed by atoms with Gasteiger partial charge in [0.1, 0.15) is 12.4 Å². The summed E-state index contributed by atoms with van der Waals surface area (Å²) in [7, 11) is 0. The SMILES string of the molecule is CCOc1cc(C)ccc1OCc1nnc(SCC(=O)Nc2c(F)cc(F)cc2Br)n1CC. The average Bonchev–Trinajstić information content (AvgIpc) is 3.16. The number of rotatable bonds is 10. The van der Waals surface area contributed by atoms with Crippen LogP contribution in [0.25, 0.3) is 0 Å². The van der Waals surface area contributed by atoms with Gasteiger partial charge in [-0.1, -0.05) is 17.8 Å². The molecule has 3 aromatic rings. The lowest BCUT2D eigenvalue weighted by atomic mass is 10.2. The summed E-state index contributed by atoms with van der Waals surface area (Å²) in [6, 6.07) is 7.48. The van der Waals surface area contributed by atoms with Gasteiger partial charge in [-0.3, -0.25) is 4.79 Å². The molecule has 0 saturated heterocycles. The highest BCUT2D eigenvalue weighted by Gasteiger charge is 2.17. The maximum atomic E-state index is 13.9. The number of aromatic nitrogens is 3. The van der Waals surface area contributed by atoms with Crippen molar-refractivity contribution in [3.63, 3.8) is 0 Å². The summed E-state index contributed by atoms with van der Waals surface area (Å²) < 4.78 is 40.7. The van der Waals surface area contributed by atoms with Gasteiger partial charge in [0.15, 0.2) is 28.3 Å². The predicted octanol–water partition coefficient (Wildman–Crippen LogP) is 5.36. The largest absolute Gasteiger partial charge is 0.490 e. The first-order valence-electron chi connectivity index (χ1n) is 10.2. The van der Waals surface area contributed by atoms with E-state index in [1.165, 1.54) is 0 Å². The van der Waals surface area contributed by atoms with Crippen molar-refractivity contribution < 1.29 is 23.0 Å². The van der Waals surface area contributed by atoms with Gasteiger partial charge in [-0.2, -0.15) is 0 Å². The third-order valence-electron chi connectivity index (χ3n) is 4.47. The predicted molar refractivity (Wildman–Crippen MR) is 126 cm³/mol. The molecule has 176 valence electrons. The van der Waals surface area contributed by atoms with E-state index in [1.54, 1.807) is 0 Å². The van der Waals surface area contributed by atoms with Crippen LogP contribution in [-0.2, 0) is 17.9 Å². The van der Waals surface area contributed by atoms with E-state index in [-0.39, 0.29) is 22.5 Å². The second kappa shape index (κ2) is 11.5. The van der Waals surface area contributed by atoms with Crippen molar-refractivity contribution in [2.24, 2.45) is 0 Å². The van der Waals surface area contributed by atoms with Gasteiger partial charge in [-0.25, -0.2) is 8.78 Å². The molecule has 0 aliphatic heterocycles. The third-order valence-corrected chi connectivity index (χ3v) is 6.06. The Hall–Kier alpha value is -2.66. The van der Waals surface area contributed by atoms with E-state index in [0.717, 1.165) is 23.4 Å². The molecule has 1 aromatic heterocycles. The Balaban J connectivity index is 1.63. The topological polar surface area (TPSA) is 78.3 Å². The molecule has 0 radical (unpaired) electrons. The number of hydrogen-bond donors (Lipinski definition) is 1. The molecule has 7 nitrogen and oxygen atoms in total. The minimum atomic E-state index is -0.862. The molecule has 1 heterocycles. The summed E-state index contributed by atoms with van der Waals surface area (Å²) in [4.78, 5) is 12.3. The number of halogens is 3. The normalized spacial score (nSPS) is 10.8. The summed E-state index contributed by atoms with van der Waals surface area (Å²) >= 11 is 4.21. The fraction of sp³-hybridized carbons (Fsp3) is 0.318. The van der Waals surface area contributed by atoms with Crippen LogP contribution in [0.4, 0.5) is 14.5 Å². The second-order valence-electron chi connectivity index (χ2n) is 6.90. The van der Waals surface area contributed by atoms with Crippen LogP contribution in [0.5, 0.6) is 11.5 Å². The molecule has 0 atom stereocenters. The van der Waals surface area contributed by atoms with E-state index in [0.29, 0.717) is 41.7 Å².